The molecule has 0 saturated carbocycles. The second-order valence-corrected chi connectivity index (χ2v) is 6.25. The monoisotopic (exact) mass is 357 g/mol. The number of benzene rings is 2. The van der Waals surface area contributed by atoms with Gasteiger partial charge in [-0.25, -0.2) is 0 Å². The highest BCUT2D eigenvalue weighted by atomic mass is 16.5. The molecule has 26 heavy (non-hydrogen) atoms. The van der Waals surface area contributed by atoms with Gasteiger partial charge in [-0.05, 0) is 17.7 Å². The molecule has 3 rings (SSSR count). The molecule has 0 unspecified atom stereocenters. The topological polar surface area (TPSA) is 88.0 Å². The molecule has 1 aliphatic rings. The van der Waals surface area contributed by atoms with Crippen LogP contribution in [0.25, 0.3) is 0 Å². The molecule has 6 heteroatoms. The summed E-state index contributed by atoms with van der Waals surface area (Å²) in [7, 11) is 0. The van der Waals surface area contributed by atoms with E-state index in [9.17, 15) is 15.0 Å². The average Bonchev–Trinajstić information content (AvgIpc) is 2.69. The van der Waals surface area contributed by atoms with Crippen LogP contribution < -0.4 is 5.32 Å². The zero-order valence-electron chi connectivity index (χ0n) is 14.3. The van der Waals surface area contributed by atoms with E-state index in [0.717, 1.165) is 5.56 Å². The number of hydrogen-bond acceptors (Lipinski definition) is 5. The van der Waals surface area contributed by atoms with Crippen molar-refractivity contribution in [2.45, 2.75) is 31.0 Å². The summed E-state index contributed by atoms with van der Waals surface area (Å²) in [6.45, 7) is 0.129. The Morgan fingerprint density at radius 3 is 2.42 bits per heavy atom. The van der Waals surface area contributed by atoms with Gasteiger partial charge >= 0.3 is 0 Å². The van der Waals surface area contributed by atoms with Crippen molar-refractivity contribution in [2.75, 3.05) is 13.2 Å². The van der Waals surface area contributed by atoms with Crippen molar-refractivity contribution < 1.29 is 24.5 Å². The fourth-order valence-corrected chi connectivity index (χ4v) is 2.98. The molecule has 3 N–H and O–H groups in total. The van der Waals surface area contributed by atoms with E-state index in [4.69, 9.17) is 9.47 Å². The first-order valence-corrected chi connectivity index (χ1v) is 8.61. The Balaban J connectivity index is 1.70. The van der Waals surface area contributed by atoms with E-state index in [0.29, 0.717) is 12.2 Å². The highest BCUT2D eigenvalue weighted by molar-refractivity contribution is 5.94. The molecule has 138 valence electrons. The zero-order chi connectivity index (χ0) is 18.4. The first-order chi connectivity index (χ1) is 12.7. The minimum absolute atomic E-state index is 0.153. The molecule has 2 aromatic rings. The van der Waals surface area contributed by atoms with Crippen molar-refractivity contribution in [3.05, 3.63) is 71.8 Å². The number of rotatable bonds is 6. The van der Waals surface area contributed by atoms with Crippen LogP contribution in [0.15, 0.2) is 60.7 Å². The van der Waals surface area contributed by atoms with Gasteiger partial charge in [0.05, 0.1) is 25.9 Å². The molecule has 0 aliphatic carbocycles. The molecule has 0 spiro atoms. The van der Waals surface area contributed by atoms with Gasteiger partial charge in [-0.15, -0.1) is 0 Å². The lowest BCUT2D eigenvalue weighted by Crippen LogP contribution is -2.60. The first kappa shape index (κ1) is 18.5. The number of amides is 1. The highest BCUT2D eigenvalue weighted by Crippen LogP contribution is 2.20. The number of carbonyl (C=O) groups is 1. The normalized spacial score (nSPS) is 25.6. The van der Waals surface area contributed by atoms with E-state index in [2.05, 4.69) is 5.32 Å². The lowest BCUT2D eigenvalue weighted by Gasteiger charge is -2.39. The number of ether oxygens (including phenoxy) is 2. The third kappa shape index (κ3) is 4.47. The minimum atomic E-state index is -1.04. The summed E-state index contributed by atoms with van der Waals surface area (Å²) in [5.74, 6) is -0.262. The van der Waals surface area contributed by atoms with Crippen LogP contribution in [-0.4, -0.2) is 53.7 Å². The van der Waals surface area contributed by atoms with Crippen LogP contribution in [0.5, 0.6) is 0 Å². The van der Waals surface area contributed by atoms with Crippen LogP contribution >= 0.6 is 0 Å². The smallest absolute Gasteiger partial charge is 0.251 e. The van der Waals surface area contributed by atoms with Gasteiger partial charge in [0.2, 0.25) is 0 Å². The van der Waals surface area contributed by atoms with Gasteiger partial charge in [-0.3, -0.25) is 4.79 Å². The molecular weight excluding hydrogens is 334 g/mol. The van der Waals surface area contributed by atoms with Gasteiger partial charge in [0.25, 0.3) is 5.91 Å². The molecule has 1 saturated heterocycles. The van der Waals surface area contributed by atoms with E-state index in [-0.39, 0.29) is 19.1 Å². The Morgan fingerprint density at radius 2 is 1.77 bits per heavy atom. The van der Waals surface area contributed by atoms with E-state index in [1.54, 1.807) is 24.3 Å². The van der Waals surface area contributed by atoms with Gasteiger partial charge in [0.15, 0.2) is 0 Å². The lowest BCUT2D eigenvalue weighted by atomic mass is 9.97. The van der Waals surface area contributed by atoms with E-state index in [1.165, 1.54) is 0 Å². The SMILES string of the molecule is O=C(N[C@H]1CO[C@H](CO)[C@H](O)[C@@H]1OCc1ccccc1)c1ccccc1. The van der Waals surface area contributed by atoms with E-state index < -0.39 is 24.4 Å². The highest BCUT2D eigenvalue weighted by Gasteiger charge is 2.40. The van der Waals surface area contributed by atoms with Crippen LogP contribution in [0, 0.1) is 0 Å². The van der Waals surface area contributed by atoms with Crippen molar-refractivity contribution in [1.29, 1.82) is 0 Å². The first-order valence-electron chi connectivity index (χ1n) is 8.61. The van der Waals surface area contributed by atoms with Crippen LogP contribution in [0.1, 0.15) is 15.9 Å². The second kappa shape index (κ2) is 8.91. The minimum Gasteiger partial charge on any atom is -0.394 e. The van der Waals surface area contributed by atoms with E-state index in [1.807, 2.05) is 36.4 Å². The van der Waals surface area contributed by atoms with E-state index >= 15 is 0 Å². The molecular formula is C20H23NO5. The molecule has 1 fully saturated rings. The largest absolute Gasteiger partial charge is 0.394 e. The number of carbonyl (C=O) groups excluding carboxylic acids is 1. The van der Waals surface area contributed by atoms with Crippen molar-refractivity contribution >= 4 is 5.91 Å². The van der Waals surface area contributed by atoms with Gasteiger partial charge in [0, 0.05) is 5.56 Å². The predicted molar refractivity (Wildman–Crippen MR) is 95.5 cm³/mol. The molecule has 4 atom stereocenters. The second-order valence-electron chi connectivity index (χ2n) is 6.25. The molecule has 0 aromatic heterocycles. The molecule has 2 aromatic carbocycles. The Bertz CT molecular complexity index is 694. The summed E-state index contributed by atoms with van der Waals surface area (Å²) >= 11 is 0. The third-order valence-corrected chi connectivity index (χ3v) is 4.42. The van der Waals surface area contributed by atoms with Crippen molar-refractivity contribution in [3.63, 3.8) is 0 Å². The fraction of sp³-hybridized carbons (Fsp3) is 0.350. The molecule has 1 aliphatic heterocycles. The number of hydrogen-bond donors (Lipinski definition) is 3. The fourth-order valence-electron chi connectivity index (χ4n) is 2.98. The van der Waals surface area contributed by atoms with Crippen LogP contribution in [-0.2, 0) is 16.1 Å². The maximum atomic E-state index is 12.4. The Hall–Kier alpha value is -2.25. The number of aliphatic hydroxyl groups excluding tert-OH is 2. The van der Waals surface area contributed by atoms with Crippen molar-refractivity contribution in [1.82, 2.24) is 5.32 Å². The van der Waals surface area contributed by atoms with Crippen molar-refractivity contribution in [3.8, 4) is 0 Å². The number of nitrogens with one attached hydrogen (secondary N) is 1. The standard InChI is InChI=1S/C20H23NO5/c22-11-17-18(23)19(26-12-14-7-3-1-4-8-14)16(13-25-17)21-20(24)15-9-5-2-6-10-15/h1-10,16-19,22-23H,11-13H2,(H,21,24)/t16-,17+,18-,19+/m0/s1. The Morgan fingerprint density at radius 1 is 1.12 bits per heavy atom. The van der Waals surface area contributed by atoms with Crippen LogP contribution in [0.2, 0.25) is 0 Å². The average molecular weight is 357 g/mol. The maximum absolute atomic E-state index is 12.4. The van der Waals surface area contributed by atoms with Gasteiger partial charge < -0.3 is 25.0 Å². The summed E-state index contributed by atoms with van der Waals surface area (Å²) in [5, 5.41) is 22.7. The molecule has 0 radical (unpaired) electrons. The van der Waals surface area contributed by atoms with Gasteiger partial charge in [-0.2, -0.15) is 0 Å². The summed E-state index contributed by atoms with van der Waals surface area (Å²) in [6, 6.07) is 17.9. The maximum Gasteiger partial charge on any atom is 0.251 e. The molecule has 1 heterocycles. The quantitative estimate of drug-likeness (QED) is 0.721. The lowest BCUT2D eigenvalue weighted by molar-refractivity contribution is -0.180. The summed E-state index contributed by atoms with van der Waals surface area (Å²) in [5.41, 5.74) is 1.48. The van der Waals surface area contributed by atoms with Gasteiger partial charge in [-0.1, -0.05) is 48.5 Å². The summed E-state index contributed by atoms with van der Waals surface area (Å²) < 4.78 is 11.4. The molecule has 6 nitrogen and oxygen atoms in total. The summed E-state index contributed by atoms with van der Waals surface area (Å²) in [4.78, 5) is 12.4. The Kier molecular flexibility index (Phi) is 6.35. The summed E-state index contributed by atoms with van der Waals surface area (Å²) in [6.07, 6.45) is -2.46. The Labute approximate surface area is 152 Å². The number of aliphatic hydroxyl groups is 2. The third-order valence-electron chi connectivity index (χ3n) is 4.42. The molecule has 0 bridgehead atoms. The van der Waals surface area contributed by atoms with Crippen LogP contribution in [0.3, 0.4) is 0 Å². The van der Waals surface area contributed by atoms with Gasteiger partial charge in [0.1, 0.15) is 18.3 Å². The zero-order valence-corrected chi connectivity index (χ0v) is 14.3. The molecule has 1 amide bonds. The van der Waals surface area contributed by atoms with Crippen LogP contribution in [0.4, 0.5) is 0 Å². The predicted octanol–water partition coefficient (Wildman–Crippen LogP) is 1.12. The van der Waals surface area contributed by atoms with Crippen molar-refractivity contribution in [2.24, 2.45) is 0 Å².